The minimum absolute atomic E-state index is 0.0209. The minimum Gasteiger partial charge on any atom is -0.477 e. The second-order valence-corrected chi connectivity index (χ2v) is 6.38. The van der Waals surface area contributed by atoms with Gasteiger partial charge in [-0.2, -0.15) is 0 Å². The third kappa shape index (κ3) is 2.55. The number of pyridine rings is 1. The van der Waals surface area contributed by atoms with Crippen LogP contribution in [0.5, 0.6) is 0 Å². The van der Waals surface area contributed by atoms with Crippen LogP contribution in [0.15, 0.2) is 30.3 Å². The van der Waals surface area contributed by atoms with Gasteiger partial charge in [-0.05, 0) is 36.8 Å². The van der Waals surface area contributed by atoms with Crippen molar-refractivity contribution in [3.05, 3.63) is 52.6 Å². The molecule has 1 aromatic heterocycles. The first-order chi connectivity index (χ1) is 10.9. The van der Waals surface area contributed by atoms with Crippen LogP contribution in [0, 0.1) is 5.82 Å². The summed E-state index contributed by atoms with van der Waals surface area (Å²) in [5.74, 6) is -1.53. The molecule has 2 heterocycles. The van der Waals surface area contributed by atoms with Crippen molar-refractivity contribution in [2.45, 2.75) is 25.7 Å². The maximum atomic E-state index is 13.8. The number of hydrogen-bond acceptors (Lipinski definition) is 3. The van der Waals surface area contributed by atoms with Crippen LogP contribution in [-0.2, 0) is 5.41 Å². The number of halogens is 2. The minimum atomic E-state index is -1.05. The summed E-state index contributed by atoms with van der Waals surface area (Å²) in [6.07, 6.45) is 0.794. The van der Waals surface area contributed by atoms with Crippen molar-refractivity contribution in [2.24, 2.45) is 0 Å². The average molecular weight is 335 g/mol. The molecule has 6 heteroatoms. The molecule has 0 saturated carbocycles. The van der Waals surface area contributed by atoms with Gasteiger partial charge in [-0.25, -0.2) is 14.2 Å². The smallest absolute Gasteiger partial charge is 0.354 e. The lowest BCUT2D eigenvalue weighted by molar-refractivity contribution is 0.0690. The van der Waals surface area contributed by atoms with E-state index < -0.39 is 11.8 Å². The molecule has 0 aliphatic carbocycles. The summed E-state index contributed by atoms with van der Waals surface area (Å²) >= 11 is 5.76. The number of benzene rings is 1. The van der Waals surface area contributed by atoms with Gasteiger partial charge in [-0.1, -0.05) is 25.4 Å². The Labute approximate surface area is 138 Å². The first kappa shape index (κ1) is 15.7. The van der Waals surface area contributed by atoms with Gasteiger partial charge in [-0.15, -0.1) is 0 Å². The van der Waals surface area contributed by atoms with Crippen molar-refractivity contribution in [1.82, 2.24) is 4.98 Å². The molecule has 0 spiro atoms. The molecular weight excluding hydrogens is 319 g/mol. The molecule has 3 rings (SSSR count). The van der Waals surface area contributed by atoms with Gasteiger partial charge in [0.05, 0.1) is 16.4 Å². The van der Waals surface area contributed by atoms with Crippen molar-refractivity contribution in [1.29, 1.82) is 0 Å². The van der Waals surface area contributed by atoms with Crippen molar-refractivity contribution in [3.63, 3.8) is 0 Å². The number of carboxylic acids is 1. The molecule has 1 unspecified atom stereocenters. The molecule has 0 radical (unpaired) electrons. The summed E-state index contributed by atoms with van der Waals surface area (Å²) in [4.78, 5) is 17.5. The van der Waals surface area contributed by atoms with Gasteiger partial charge in [0.1, 0.15) is 11.5 Å². The zero-order valence-electron chi connectivity index (χ0n) is 12.8. The van der Waals surface area contributed by atoms with Crippen LogP contribution < -0.4 is 4.90 Å². The lowest BCUT2D eigenvalue weighted by Gasteiger charge is -2.24. The first-order valence-electron chi connectivity index (χ1n) is 7.33. The van der Waals surface area contributed by atoms with Crippen LogP contribution in [0.25, 0.3) is 0 Å². The molecule has 1 atom stereocenters. The van der Waals surface area contributed by atoms with Crippen LogP contribution in [0.1, 0.15) is 36.5 Å². The standard InChI is InChI=1S/C17H16ClFN2O2/c1-3-17(2)9-21(10-4-5-11(18)12(19)8-10)14-7-6-13(16(22)23)20-15(14)17/h4-8H,3,9H2,1-2H3,(H,22,23). The molecule has 1 N–H and O–H groups in total. The molecule has 1 aliphatic rings. The Kier molecular flexibility index (Phi) is 3.76. The van der Waals surface area contributed by atoms with Crippen molar-refractivity contribution in [2.75, 3.05) is 11.4 Å². The van der Waals surface area contributed by atoms with Crippen LogP contribution >= 0.6 is 11.6 Å². The van der Waals surface area contributed by atoms with Gasteiger partial charge in [0, 0.05) is 17.6 Å². The molecule has 120 valence electrons. The molecule has 0 fully saturated rings. The molecular formula is C17H16ClFN2O2. The van der Waals surface area contributed by atoms with Gasteiger partial charge < -0.3 is 10.0 Å². The third-order valence-corrected chi connectivity index (χ3v) is 4.76. The molecule has 0 saturated heterocycles. The third-order valence-electron chi connectivity index (χ3n) is 4.46. The average Bonchev–Trinajstić information content (AvgIpc) is 2.83. The quantitative estimate of drug-likeness (QED) is 0.904. The molecule has 2 aromatic rings. The molecule has 0 bridgehead atoms. The van der Waals surface area contributed by atoms with E-state index in [1.165, 1.54) is 18.2 Å². The highest BCUT2D eigenvalue weighted by Gasteiger charge is 2.40. The van der Waals surface area contributed by atoms with Crippen LogP contribution in [0.2, 0.25) is 5.02 Å². The largest absolute Gasteiger partial charge is 0.477 e. The summed E-state index contributed by atoms with van der Waals surface area (Å²) < 4.78 is 13.8. The zero-order valence-corrected chi connectivity index (χ0v) is 13.6. The fourth-order valence-corrected chi connectivity index (χ4v) is 3.02. The molecule has 1 aromatic carbocycles. The molecule has 0 amide bonds. The fraction of sp³-hybridized carbons (Fsp3) is 0.294. The number of carbonyl (C=O) groups is 1. The topological polar surface area (TPSA) is 53.4 Å². The second kappa shape index (κ2) is 5.49. The van der Waals surface area contributed by atoms with E-state index in [0.717, 1.165) is 17.8 Å². The van der Waals surface area contributed by atoms with Crippen molar-refractivity contribution in [3.8, 4) is 0 Å². The Balaban J connectivity index is 2.13. The van der Waals surface area contributed by atoms with Gasteiger partial charge >= 0.3 is 5.97 Å². The van der Waals surface area contributed by atoms with E-state index in [0.29, 0.717) is 12.2 Å². The Morgan fingerprint density at radius 3 is 2.78 bits per heavy atom. The molecule has 1 aliphatic heterocycles. The maximum absolute atomic E-state index is 13.8. The predicted octanol–water partition coefficient (Wildman–Crippen LogP) is 4.39. The number of fused-ring (bicyclic) bond motifs is 1. The first-order valence-corrected chi connectivity index (χ1v) is 7.71. The molecule has 23 heavy (non-hydrogen) atoms. The Hall–Kier alpha value is -2.14. The van der Waals surface area contributed by atoms with Gasteiger partial charge in [0.2, 0.25) is 0 Å². The number of aromatic carboxylic acids is 1. The van der Waals surface area contributed by atoms with E-state index >= 15 is 0 Å². The van der Waals surface area contributed by atoms with E-state index in [1.807, 2.05) is 18.7 Å². The summed E-state index contributed by atoms with van der Waals surface area (Å²) in [5, 5.41) is 9.24. The Bertz CT molecular complexity index is 796. The number of carboxylic acid groups (broad SMARTS) is 1. The van der Waals surface area contributed by atoms with Crippen LogP contribution in [-0.4, -0.2) is 22.6 Å². The Morgan fingerprint density at radius 2 is 2.17 bits per heavy atom. The maximum Gasteiger partial charge on any atom is 0.354 e. The lowest BCUT2D eigenvalue weighted by Crippen LogP contribution is -2.28. The number of rotatable bonds is 3. The molecule has 4 nitrogen and oxygen atoms in total. The lowest BCUT2D eigenvalue weighted by atomic mass is 9.85. The summed E-state index contributed by atoms with van der Waals surface area (Å²) in [6, 6.07) is 7.87. The van der Waals surface area contributed by atoms with E-state index in [4.69, 9.17) is 16.7 Å². The number of nitrogens with zero attached hydrogens (tertiary/aromatic N) is 2. The number of aromatic nitrogens is 1. The van der Waals surface area contributed by atoms with Gasteiger partial charge in [-0.3, -0.25) is 0 Å². The predicted molar refractivity (Wildman–Crippen MR) is 87.3 cm³/mol. The fourth-order valence-electron chi connectivity index (χ4n) is 2.90. The Morgan fingerprint density at radius 1 is 1.43 bits per heavy atom. The summed E-state index contributed by atoms with van der Waals surface area (Å²) in [6.45, 7) is 4.68. The van der Waals surface area contributed by atoms with E-state index in [2.05, 4.69) is 4.98 Å². The van der Waals surface area contributed by atoms with Gasteiger partial charge in [0.15, 0.2) is 0 Å². The normalized spacial score (nSPS) is 19.7. The number of hydrogen-bond donors (Lipinski definition) is 1. The van der Waals surface area contributed by atoms with Crippen LogP contribution in [0.4, 0.5) is 15.8 Å². The van der Waals surface area contributed by atoms with Crippen molar-refractivity contribution >= 4 is 28.9 Å². The zero-order chi connectivity index (χ0) is 16.8. The van der Waals surface area contributed by atoms with E-state index in [1.54, 1.807) is 12.1 Å². The van der Waals surface area contributed by atoms with Crippen molar-refractivity contribution < 1.29 is 14.3 Å². The highest BCUT2D eigenvalue weighted by molar-refractivity contribution is 6.30. The van der Waals surface area contributed by atoms with E-state index in [9.17, 15) is 9.18 Å². The second-order valence-electron chi connectivity index (χ2n) is 5.97. The highest BCUT2D eigenvalue weighted by atomic mass is 35.5. The monoisotopic (exact) mass is 334 g/mol. The number of anilines is 2. The SMILES string of the molecule is CCC1(C)CN(c2ccc(Cl)c(F)c2)c2ccc(C(=O)O)nc21. The summed E-state index contributed by atoms with van der Waals surface area (Å²) in [5.41, 5.74) is 1.94. The van der Waals surface area contributed by atoms with Crippen LogP contribution in [0.3, 0.4) is 0 Å². The van der Waals surface area contributed by atoms with E-state index in [-0.39, 0.29) is 16.1 Å². The van der Waals surface area contributed by atoms with Gasteiger partial charge in [0.25, 0.3) is 0 Å². The summed E-state index contributed by atoms with van der Waals surface area (Å²) in [7, 11) is 0. The highest BCUT2D eigenvalue weighted by Crippen LogP contribution is 2.45.